The predicted octanol–water partition coefficient (Wildman–Crippen LogP) is 2.54. The highest BCUT2D eigenvalue weighted by Crippen LogP contribution is 2.22. The summed E-state index contributed by atoms with van der Waals surface area (Å²) >= 11 is 0. The Bertz CT molecular complexity index is 253. The normalized spacial score (nSPS) is 23.0. The quantitative estimate of drug-likeness (QED) is 0.816. The summed E-state index contributed by atoms with van der Waals surface area (Å²) in [4.78, 5) is 11.6. The molecule has 0 saturated carbocycles. The second kappa shape index (κ2) is 6.98. The Morgan fingerprint density at radius 3 is 2.78 bits per heavy atom. The van der Waals surface area contributed by atoms with E-state index in [9.17, 15) is 4.79 Å². The van der Waals surface area contributed by atoms with E-state index in [1.807, 2.05) is 20.8 Å². The maximum atomic E-state index is 11.6. The van der Waals surface area contributed by atoms with Crippen molar-refractivity contribution in [3.05, 3.63) is 0 Å². The van der Waals surface area contributed by atoms with Crippen molar-refractivity contribution in [2.45, 2.75) is 52.6 Å². The van der Waals surface area contributed by atoms with E-state index in [1.165, 1.54) is 19.3 Å². The fraction of sp³-hybridized carbons (Fsp3) is 0.929. The lowest BCUT2D eigenvalue weighted by Crippen LogP contribution is -2.36. The van der Waals surface area contributed by atoms with Crippen LogP contribution in [0.25, 0.3) is 0 Å². The molecule has 0 aromatic rings. The van der Waals surface area contributed by atoms with Gasteiger partial charge in [0.15, 0.2) is 0 Å². The Labute approximate surface area is 111 Å². The molecule has 0 aromatic heterocycles. The fourth-order valence-electron chi connectivity index (χ4n) is 2.34. The number of alkyl carbamates (subject to hydrolysis) is 1. The van der Waals surface area contributed by atoms with Crippen LogP contribution in [0.4, 0.5) is 4.79 Å². The average molecular weight is 256 g/mol. The number of carbonyl (C=O) groups excluding carboxylic acids is 1. The van der Waals surface area contributed by atoms with Crippen LogP contribution in [-0.2, 0) is 4.74 Å². The Morgan fingerprint density at radius 2 is 2.11 bits per heavy atom. The van der Waals surface area contributed by atoms with Crippen LogP contribution in [0.2, 0.25) is 0 Å². The lowest BCUT2D eigenvalue weighted by Gasteiger charge is -2.24. The van der Waals surface area contributed by atoms with Crippen LogP contribution in [-0.4, -0.2) is 31.3 Å². The number of carbonyl (C=O) groups is 1. The molecule has 1 amide bonds. The summed E-state index contributed by atoms with van der Waals surface area (Å²) in [5.74, 6) is 1.22. The van der Waals surface area contributed by atoms with E-state index >= 15 is 0 Å². The molecule has 0 aromatic carbocycles. The average Bonchev–Trinajstić information content (AvgIpc) is 2.52. The van der Waals surface area contributed by atoms with E-state index in [0.29, 0.717) is 18.4 Å². The maximum absolute atomic E-state index is 11.6. The zero-order valence-electron chi connectivity index (χ0n) is 12.2. The Kier molecular flexibility index (Phi) is 5.93. The van der Waals surface area contributed by atoms with E-state index in [1.54, 1.807) is 0 Å². The van der Waals surface area contributed by atoms with E-state index in [-0.39, 0.29) is 6.09 Å². The second-order valence-electron chi connectivity index (χ2n) is 6.30. The summed E-state index contributed by atoms with van der Waals surface area (Å²) in [5.41, 5.74) is -0.417. The topological polar surface area (TPSA) is 50.4 Å². The summed E-state index contributed by atoms with van der Waals surface area (Å²) in [6, 6.07) is 0. The second-order valence-corrected chi connectivity index (χ2v) is 6.30. The van der Waals surface area contributed by atoms with Gasteiger partial charge in [0.1, 0.15) is 5.60 Å². The minimum absolute atomic E-state index is 0.305. The van der Waals surface area contributed by atoms with Crippen LogP contribution in [0.5, 0.6) is 0 Å². The van der Waals surface area contributed by atoms with Gasteiger partial charge in [0, 0.05) is 6.54 Å². The smallest absolute Gasteiger partial charge is 0.407 e. The van der Waals surface area contributed by atoms with Crippen LogP contribution in [0.1, 0.15) is 47.0 Å². The van der Waals surface area contributed by atoms with Crippen LogP contribution < -0.4 is 10.6 Å². The van der Waals surface area contributed by atoms with Crippen LogP contribution in [0.3, 0.4) is 0 Å². The maximum Gasteiger partial charge on any atom is 0.407 e. The zero-order chi connectivity index (χ0) is 13.6. The van der Waals surface area contributed by atoms with Gasteiger partial charge < -0.3 is 15.4 Å². The van der Waals surface area contributed by atoms with Gasteiger partial charge in [-0.15, -0.1) is 0 Å². The molecule has 1 aliphatic rings. The summed E-state index contributed by atoms with van der Waals surface area (Å²) in [7, 11) is 0. The number of rotatable bonds is 3. The van der Waals surface area contributed by atoms with E-state index in [0.717, 1.165) is 13.1 Å². The Hall–Kier alpha value is -0.770. The van der Waals surface area contributed by atoms with Crippen molar-refractivity contribution in [2.24, 2.45) is 11.8 Å². The minimum atomic E-state index is -0.417. The third-order valence-electron chi connectivity index (χ3n) is 3.39. The van der Waals surface area contributed by atoms with Gasteiger partial charge in [-0.2, -0.15) is 0 Å². The molecule has 1 fully saturated rings. The molecule has 2 N–H and O–H groups in total. The van der Waals surface area contributed by atoms with Gasteiger partial charge in [-0.1, -0.05) is 6.92 Å². The summed E-state index contributed by atoms with van der Waals surface area (Å²) < 4.78 is 5.24. The Balaban J connectivity index is 2.27. The molecule has 1 heterocycles. The molecule has 0 spiro atoms. The molecule has 1 rings (SSSR count). The molecule has 0 bridgehead atoms. The van der Waals surface area contributed by atoms with E-state index in [4.69, 9.17) is 4.74 Å². The molecule has 0 radical (unpaired) electrons. The molecule has 106 valence electrons. The van der Waals surface area contributed by atoms with Crippen molar-refractivity contribution in [1.82, 2.24) is 10.6 Å². The van der Waals surface area contributed by atoms with E-state index < -0.39 is 5.60 Å². The van der Waals surface area contributed by atoms with Crippen molar-refractivity contribution in [3.8, 4) is 0 Å². The highest BCUT2D eigenvalue weighted by Gasteiger charge is 2.21. The standard InChI is InChI=1S/C14H28N2O2/c1-11(12-6-5-8-15-9-7-12)10-16-13(17)18-14(2,3)4/h11-12,15H,5-10H2,1-4H3,(H,16,17). The number of ether oxygens (including phenoxy) is 1. The van der Waals surface area contributed by atoms with Gasteiger partial charge in [-0.25, -0.2) is 4.79 Å². The van der Waals surface area contributed by atoms with Gasteiger partial charge in [0.05, 0.1) is 0 Å². The molecule has 18 heavy (non-hydrogen) atoms. The molecular formula is C14H28N2O2. The first-order valence-corrected chi connectivity index (χ1v) is 7.06. The highest BCUT2D eigenvalue weighted by molar-refractivity contribution is 5.67. The van der Waals surface area contributed by atoms with Crippen molar-refractivity contribution in [1.29, 1.82) is 0 Å². The van der Waals surface area contributed by atoms with Gasteiger partial charge in [0.25, 0.3) is 0 Å². The largest absolute Gasteiger partial charge is 0.444 e. The molecule has 4 nitrogen and oxygen atoms in total. The summed E-state index contributed by atoms with van der Waals surface area (Å²) in [5, 5.41) is 6.29. The summed E-state index contributed by atoms with van der Waals surface area (Å²) in [6.45, 7) is 10.8. The molecular weight excluding hydrogens is 228 g/mol. The van der Waals surface area contributed by atoms with Crippen molar-refractivity contribution >= 4 is 6.09 Å². The molecule has 1 saturated heterocycles. The first-order chi connectivity index (χ1) is 8.38. The number of amides is 1. The molecule has 0 aliphatic carbocycles. The van der Waals surface area contributed by atoms with Gasteiger partial charge in [-0.3, -0.25) is 0 Å². The van der Waals surface area contributed by atoms with Gasteiger partial charge in [0.2, 0.25) is 0 Å². The van der Waals surface area contributed by atoms with Crippen molar-refractivity contribution in [3.63, 3.8) is 0 Å². The Morgan fingerprint density at radius 1 is 1.39 bits per heavy atom. The van der Waals surface area contributed by atoms with Crippen LogP contribution in [0, 0.1) is 11.8 Å². The lowest BCUT2D eigenvalue weighted by atomic mass is 9.88. The van der Waals surface area contributed by atoms with Crippen molar-refractivity contribution in [2.75, 3.05) is 19.6 Å². The van der Waals surface area contributed by atoms with Gasteiger partial charge in [-0.05, 0) is 65.0 Å². The monoisotopic (exact) mass is 256 g/mol. The molecule has 2 unspecified atom stereocenters. The number of nitrogens with one attached hydrogen (secondary N) is 2. The van der Waals surface area contributed by atoms with Gasteiger partial charge >= 0.3 is 6.09 Å². The number of hydrogen-bond donors (Lipinski definition) is 2. The summed E-state index contributed by atoms with van der Waals surface area (Å²) in [6.07, 6.45) is 3.39. The van der Waals surface area contributed by atoms with Crippen molar-refractivity contribution < 1.29 is 9.53 Å². The van der Waals surface area contributed by atoms with Crippen LogP contribution in [0.15, 0.2) is 0 Å². The lowest BCUT2D eigenvalue weighted by molar-refractivity contribution is 0.0514. The zero-order valence-corrected chi connectivity index (χ0v) is 12.2. The minimum Gasteiger partial charge on any atom is -0.444 e. The highest BCUT2D eigenvalue weighted by atomic mass is 16.6. The first kappa shape index (κ1) is 15.3. The number of hydrogen-bond acceptors (Lipinski definition) is 3. The third kappa shape index (κ3) is 6.24. The van der Waals surface area contributed by atoms with Crippen LogP contribution >= 0.6 is 0 Å². The van der Waals surface area contributed by atoms with E-state index in [2.05, 4.69) is 17.6 Å². The molecule has 1 aliphatic heterocycles. The predicted molar refractivity (Wildman–Crippen MR) is 73.6 cm³/mol. The SMILES string of the molecule is CC(CNC(=O)OC(C)(C)C)C1CCCNCC1. The molecule has 2 atom stereocenters. The fourth-order valence-corrected chi connectivity index (χ4v) is 2.34. The third-order valence-corrected chi connectivity index (χ3v) is 3.39. The first-order valence-electron chi connectivity index (χ1n) is 7.06. The molecule has 4 heteroatoms.